The first-order chi connectivity index (χ1) is 13.5. The maximum Gasteiger partial charge on any atom is 0.254 e. The Morgan fingerprint density at radius 3 is 2.32 bits per heavy atom. The van der Waals surface area contributed by atoms with Crippen molar-refractivity contribution in [2.45, 2.75) is 39.5 Å². The van der Waals surface area contributed by atoms with E-state index in [0.717, 1.165) is 25.7 Å². The molecule has 1 aromatic rings. The topological polar surface area (TPSA) is 59.1 Å². The summed E-state index contributed by atoms with van der Waals surface area (Å²) in [5.41, 5.74) is 0.482. The molecule has 1 saturated heterocycles. The molecule has 0 unspecified atom stereocenters. The molecule has 6 nitrogen and oxygen atoms in total. The van der Waals surface area contributed by atoms with Crippen LogP contribution in [-0.4, -0.2) is 61.0 Å². The third-order valence-corrected chi connectivity index (χ3v) is 5.62. The van der Waals surface area contributed by atoms with E-state index in [0.29, 0.717) is 61.5 Å². The zero-order valence-corrected chi connectivity index (χ0v) is 17.5. The van der Waals surface area contributed by atoms with Gasteiger partial charge in [0, 0.05) is 37.7 Å². The molecule has 154 valence electrons. The summed E-state index contributed by atoms with van der Waals surface area (Å²) in [5, 5.41) is 0.376. The first-order valence-electron chi connectivity index (χ1n) is 10.2. The van der Waals surface area contributed by atoms with Gasteiger partial charge in [-0.15, -0.1) is 0 Å². The molecule has 2 aliphatic rings. The number of carbonyl (C=O) groups excluding carboxylic acids is 2. The largest absolute Gasteiger partial charge is 0.490 e. The van der Waals surface area contributed by atoms with E-state index >= 15 is 0 Å². The number of ether oxygens (including phenoxy) is 2. The molecule has 1 aromatic carbocycles. The summed E-state index contributed by atoms with van der Waals surface area (Å²) in [7, 11) is 0. The van der Waals surface area contributed by atoms with Gasteiger partial charge in [-0.1, -0.05) is 24.9 Å². The van der Waals surface area contributed by atoms with Crippen molar-refractivity contribution in [1.29, 1.82) is 0 Å². The Labute approximate surface area is 171 Å². The highest BCUT2D eigenvalue weighted by Gasteiger charge is 2.32. The third-order valence-electron chi connectivity index (χ3n) is 5.34. The zero-order chi connectivity index (χ0) is 20.1. The highest BCUT2D eigenvalue weighted by Crippen LogP contribution is 2.37. The Morgan fingerprint density at radius 2 is 1.75 bits per heavy atom. The molecule has 0 spiro atoms. The Balaban J connectivity index is 1.67. The van der Waals surface area contributed by atoms with Crippen LogP contribution in [0.2, 0.25) is 5.02 Å². The summed E-state index contributed by atoms with van der Waals surface area (Å²) in [6.07, 6.45) is 4.01. The number of benzene rings is 1. The van der Waals surface area contributed by atoms with Crippen molar-refractivity contribution in [1.82, 2.24) is 9.80 Å². The molecule has 28 heavy (non-hydrogen) atoms. The first-order valence-corrected chi connectivity index (χ1v) is 10.6. The Bertz CT molecular complexity index is 713. The van der Waals surface area contributed by atoms with Crippen molar-refractivity contribution in [3.8, 4) is 11.5 Å². The van der Waals surface area contributed by atoms with Crippen molar-refractivity contribution in [2.75, 3.05) is 39.4 Å². The number of hydrogen-bond acceptors (Lipinski definition) is 4. The molecule has 3 rings (SSSR count). The molecule has 0 atom stereocenters. The summed E-state index contributed by atoms with van der Waals surface area (Å²) in [5.74, 6) is 1.33. The van der Waals surface area contributed by atoms with E-state index in [2.05, 4.69) is 0 Å². The second-order valence-electron chi connectivity index (χ2n) is 7.31. The third kappa shape index (κ3) is 4.54. The van der Waals surface area contributed by atoms with Gasteiger partial charge in [0.15, 0.2) is 11.5 Å². The Hall–Kier alpha value is -1.95. The molecule has 2 amide bonds. The summed E-state index contributed by atoms with van der Waals surface area (Å²) < 4.78 is 11.4. The van der Waals surface area contributed by atoms with Gasteiger partial charge < -0.3 is 19.3 Å². The molecule has 7 heteroatoms. The summed E-state index contributed by atoms with van der Waals surface area (Å²) in [6, 6.07) is 3.35. The lowest BCUT2D eigenvalue weighted by Gasteiger charge is -2.38. The quantitative estimate of drug-likeness (QED) is 0.691. The van der Waals surface area contributed by atoms with Crippen LogP contribution in [0, 0.1) is 5.92 Å². The van der Waals surface area contributed by atoms with E-state index in [1.54, 1.807) is 17.0 Å². The van der Waals surface area contributed by atoms with Gasteiger partial charge in [0.2, 0.25) is 5.91 Å². The van der Waals surface area contributed by atoms with Crippen molar-refractivity contribution in [3.63, 3.8) is 0 Å². The number of carbonyl (C=O) groups is 2. The highest BCUT2D eigenvalue weighted by molar-refractivity contribution is 6.32. The van der Waals surface area contributed by atoms with Crippen LogP contribution in [0.3, 0.4) is 0 Å². The molecule has 1 aliphatic heterocycles. The lowest BCUT2D eigenvalue weighted by atomic mass is 9.84. The minimum Gasteiger partial charge on any atom is -0.490 e. The van der Waals surface area contributed by atoms with E-state index in [1.165, 1.54) is 0 Å². The zero-order valence-electron chi connectivity index (χ0n) is 16.7. The fraction of sp³-hybridized carbons (Fsp3) is 0.619. The molecular weight excluding hydrogens is 380 g/mol. The van der Waals surface area contributed by atoms with Gasteiger partial charge in [0.1, 0.15) is 0 Å². The van der Waals surface area contributed by atoms with Crippen molar-refractivity contribution >= 4 is 23.4 Å². The van der Waals surface area contributed by atoms with Crippen LogP contribution in [-0.2, 0) is 4.79 Å². The van der Waals surface area contributed by atoms with Crippen LogP contribution in [0.5, 0.6) is 11.5 Å². The van der Waals surface area contributed by atoms with E-state index in [-0.39, 0.29) is 17.7 Å². The molecule has 1 aliphatic carbocycles. The molecular formula is C21H29ClN2O4. The highest BCUT2D eigenvalue weighted by atomic mass is 35.5. The summed E-state index contributed by atoms with van der Waals surface area (Å²) in [6.45, 7) is 7.13. The van der Waals surface area contributed by atoms with E-state index in [4.69, 9.17) is 21.1 Å². The summed E-state index contributed by atoms with van der Waals surface area (Å²) in [4.78, 5) is 29.0. The Kier molecular flexibility index (Phi) is 7.05. The lowest BCUT2D eigenvalue weighted by Crippen LogP contribution is -2.52. The van der Waals surface area contributed by atoms with Gasteiger partial charge in [-0.2, -0.15) is 0 Å². The monoisotopic (exact) mass is 408 g/mol. The van der Waals surface area contributed by atoms with Gasteiger partial charge in [-0.05, 0) is 38.3 Å². The number of halogens is 1. The second-order valence-corrected chi connectivity index (χ2v) is 7.72. The van der Waals surface area contributed by atoms with E-state index in [1.807, 2.05) is 18.7 Å². The molecule has 0 bridgehead atoms. The predicted octanol–water partition coefficient (Wildman–Crippen LogP) is 3.61. The van der Waals surface area contributed by atoms with Crippen LogP contribution in [0.1, 0.15) is 49.9 Å². The average Bonchev–Trinajstić information content (AvgIpc) is 2.65. The van der Waals surface area contributed by atoms with Crippen LogP contribution >= 0.6 is 11.6 Å². The number of hydrogen-bond donors (Lipinski definition) is 0. The maximum absolute atomic E-state index is 13.0. The van der Waals surface area contributed by atoms with Gasteiger partial charge in [0.05, 0.1) is 18.2 Å². The number of nitrogens with zero attached hydrogens (tertiary/aromatic N) is 2. The standard InChI is InChI=1S/C21H29ClN2O4/c1-3-12-28-19-17(22)13-16(14-18(19)27-4-2)21(26)24-10-8-23(9-11-24)20(25)15-6-5-7-15/h13-15H,3-12H2,1-2H3. The van der Waals surface area contributed by atoms with Gasteiger partial charge >= 0.3 is 0 Å². The van der Waals surface area contributed by atoms with Gasteiger partial charge in [-0.25, -0.2) is 0 Å². The van der Waals surface area contributed by atoms with Crippen LogP contribution in [0.25, 0.3) is 0 Å². The number of piperazine rings is 1. The fourth-order valence-corrected chi connectivity index (χ4v) is 3.79. The second kappa shape index (κ2) is 9.50. The van der Waals surface area contributed by atoms with E-state index < -0.39 is 0 Å². The minimum absolute atomic E-state index is 0.0966. The SMILES string of the molecule is CCCOc1c(Cl)cc(C(=O)N2CCN(C(=O)C3CCC3)CC2)cc1OCC. The molecule has 2 fully saturated rings. The smallest absolute Gasteiger partial charge is 0.254 e. The van der Waals surface area contributed by atoms with Gasteiger partial charge in [0.25, 0.3) is 5.91 Å². The van der Waals surface area contributed by atoms with Crippen LogP contribution < -0.4 is 9.47 Å². The maximum atomic E-state index is 13.0. The first kappa shape index (κ1) is 20.8. The molecule has 0 radical (unpaired) electrons. The minimum atomic E-state index is -0.0966. The number of amides is 2. The summed E-state index contributed by atoms with van der Waals surface area (Å²) >= 11 is 6.38. The van der Waals surface area contributed by atoms with Crippen molar-refractivity contribution in [2.24, 2.45) is 5.92 Å². The average molecular weight is 409 g/mol. The normalized spacial score (nSPS) is 17.2. The van der Waals surface area contributed by atoms with Crippen LogP contribution in [0.4, 0.5) is 0 Å². The Morgan fingerprint density at radius 1 is 1.07 bits per heavy atom. The lowest BCUT2D eigenvalue weighted by molar-refractivity contribution is -0.139. The molecule has 1 saturated carbocycles. The van der Waals surface area contributed by atoms with Gasteiger partial charge in [-0.3, -0.25) is 9.59 Å². The molecule has 1 heterocycles. The van der Waals surface area contributed by atoms with Crippen molar-refractivity contribution in [3.05, 3.63) is 22.7 Å². The van der Waals surface area contributed by atoms with Crippen molar-refractivity contribution < 1.29 is 19.1 Å². The fourth-order valence-electron chi connectivity index (χ4n) is 3.52. The van der Waals surface area contributed by atoms with E-state index in [9.17, 15) is 9.59 Å². The number of rotatable bonds is 7. The predicted molar refractivity (Wildman–Crippen MR) is 108 cm³/mol. The molecule has 0 aromatic heterocycles. The molecule has 0 N–H and O–H groups in total. The van der Waals surface area contributed by atoms with Crippen LogP contribution in [0.15, 0.2) is 12.1 Å².